The first kappa shape index (κ1) is 15.0. The minimum Gasteiger partial charge on any atom is -0.507 e. The van der Waals surface area contributed by atoms with Crippen molar-refractivity contribution in [2.45, 2.75) is 6.92 Å². The molecule has 2 aromatic heterocycles. The molecule has 4 rings (SSSR count). The Balaban J connectivity index is 1.92. The molecule has 0 saturated carbocycles. The van der Waals surface area contributed by atoms with Crippen LogP contribution in [0.1, 0.15) is 5.56 Å². The molecule has 0 atom stereocenters. The van der Waals surface area contributed by atoms with E-state index >= 15 is 0 Å². The van der Waals surface area contributed by atoms with Crippen LogP contribution in [0.25, 0.3) is 27.8 Å². The second-order valence-corrected chi connectivity index (χ2v) is 5.79. The Hall–Kier alpha value is -3.54. The summed E-state index contributed by atoms with van der Waals surface area (Å²) >= 11 is 0. The third kappa shape index (κ3) is 2.53. The molecule has 6 nitrogen and oxygen atoms in total. The van der Waals surface area contributed by atoms with Gasteiger partial charge in [-0.05, 0) is 36.8 Å². The standard InChI is InChI=1S/C19H16N4O2/c1-12-7-16(24)18-17(8-12)25-11-15(19(18)22-20)13-9-21-23(10-13)14-5-3-2-4-6-14/h2-11,24H,20H2,1H3/b22-19-. The quantitative estimate of drug-likeness (QED) is 0.436. The van der Waals surface area contributed by atoms with Gasteiger partial charge < -0.3 is 15.4 Å². The largest absolute Gasteiger partial charge is 0.507 e. The Morgan fingerprint density at radius 2 is 2.00 bits per heavy atom. The van der Waals surface area contributed by atoms with Crippen LogP contribution in [0.15, 0.2) is 70.6 Å². The van der Waals surface area contributed by atoms with Crippen LogP contribution >= 0.6 is 0 Å². The summed E-state index contributed by atoms with van der Waals surface area (Å²) in [5.74, 6) is 5.71. The van der Waals surface area contributed by atoms with Gasteiger partial charge in [-0.15, -0.1) is 0 Å². The summed E-state index contributed by atoms with van der Waals surface area (Å²) in [6.45, 7) is 1.88. The van der Waals surface area contributed by atoms with E-state index in [1.54, 1.807) is 23.2 Å². The average Bonchev–Trinajstić information content (AvgIpc) is 3.11. The van der Waals surface area contributed by atoms with Crippen molar-refractivity contribution in [2.75, 3.05) is 0 Å². The van der Waals surface area contributed by atoms with E-state index in [1.807, 2.05) is 49.5 Å². The first-order valence-electron chi connectivity index (χ1n) is 7.77. The number of fused-ring (bicyclic) bond motifs is 1. The molecule has 2 heterocycles. The summed E-state index contributed by atoms with van der Waals surface area (Å²) in [4.78, 5) is 0. The number of nitrogens with zero attached hydrogens (tertiary/aromatic N) is 3. The maximum absolute atomic E-state index is 10.3. The van der Waals surface area contributed by atoms with E-state index in [0.717, 1.165) is 16.8 Å². The van der Waals surface area contributed by atoms with Crippen LogP contribution in [0.2, 0.25) is 0 Å². The summed E-state index contributed by atoms with van der Waals surface area (Å²) in [6.07, 6.45) is 5.16. The van der Waals surface area contributed by atoms with Gasteiger partial charge in [0.05, 0.1) is 17.3 Å². The molecule has 4 aromatic rings. The van der Waals surface area contributed by atoms with Crippen molar-refractivity contribution in [1.29, 1.82) is 0 Å². The molecule has 0 radical (unpaired) electrons. The minimum atomic E-state index is 0.0836. The van der Waals surface area contributed by atoms with Crippen LogP contribution < -0.4 is 11.2 Å². The molecule has 0 aliphatic heterocycles. The van der Waals surface area contributed by atoms with E-state index in [2.05, 4.69) is 10.2 Å². The number of aromatic hydroxyl groups is 1. The van der Waals surface area contributed by atoms with Crippen LogP contribution in [0.3, 0.4) is 0 Å². The second kappa shape index (κ2) is 5.83. The molecule has 0 unspecified atom stereocenters. The van der Waals surface area contributed by atoms with Crippen LogP contribution in [-0.2, 0) is 0 Å². The third-order valence-corrected chi connectivity index (χ3v) is 4.06. The highest BCUT2D eigenvalue weighted by Gasteiger charge is 2.13. The molecule has 0 aliphatic carbocycles. The highest BCUT2D eigenvalue weighted by molar-refractivity contribution is 5.87. The van der Waals surface area contributed by atoms with Crippen LogP contribution in [0.5, 0.6) is 5.75 Å². The van der Waals surface area contributed by atoms with Crippen molar-refractivity contribution in [3.8, 4) is 22.6 Å². The SMILES string of the molecule is Cc1cc(O)c2/c(=N\N)c(-c3cnn(-c4ccccc4)c3)coc2c1. The van der Waals surface area contributed by atoms with Gasteiger partial charge in [0, 0.05) is 17.3 Å². The lowest BCUT2D eigenvalue weighted by molar-refractivity contribution is 0.479. The lowest BCUT2D eigenvalue weighted by Gasteiger charge is -2.06. The number of hydrogen-bond acceptors (Lipinski definition) is 5. The van der Waals surface area contributed by atoms with E-state index in [0.29, 0.717) is 21.9 Å². The van der Waals surface area contributed by atoms with Crippen LogP contribution in [-0.4, -0.2) is 14.9 Å². The summed E-state index contributed by atoms with van der Waals surface area (Å²) in [5, 5.41) is 19.5. The van der Waals surface area contributed by atoms with Gasteiger partial charge in [0.2, 0.25) is 0 Å². The van der Waals surface area contributed by atoms with E-state index < -0.39 is 0 Å². The van der Waals surface area contributed by atoms with E-state index in [9.17, 15) is 5.11 Å². The number of rotatable bonds is 2. The van der Waals surface area contributed by atoms with Gasteiger partial charge in [-0.25, -0.2) is 4.68 Å². The highest BCUT2D eigenvalue weighted by Crippen LogP contribution is 2.27. The van der Waals surface area contributed by atoms with Crippen LogP contribution in [0, 0.1) is 6.92 Å². The molecule has 0 spiro atoms. The van der Waals surface area contributed by atoms with Gasteiger partial charge >= 0.3 is 0 Å². The second-order valence-electron chi connectivity index (χ2n) is 5.79. The highest BCUT2D eigenvalue weighted by atomic mass is 16.3. The predicted octanol–water partition coefficient (Wildman–Crippen LogP) is 3.07. The number of para-hydroxylation sites is 1. The lowest BCUT2D eigenvalue weighted by Crippen LogP contribution is -2.10. The summed E-state index contributed by atoms with van der Waals surface area (Å²) in [6, 6.07) is 13.3. The van der Waals surface area contributed by atoms with Crippen LogP contribution in [0.4, 0.5) is 0 Å². The van der Waals surface area contributed by atoms with Crippen molar-refractivity contribution in [2.24, 2.45) is 10.9 Å². The Bertz CT molecular complexity index is 1130. The molecule has 0 aliphatic rings. The molecular formula is C19H16N4O2. The fourth-order valence-corrected chi connectivity index (χ4v) is 2.90. The number of hydrogen-bond donors (Lipinski definition) is 2. The Labute approximate surface area is 143 Å². The maximum atomic E-state index is 10.3. The molecule has 124 valence electrons. The minimum absolute atomic E-state index is 0.0836. The molecule has 6 heteroatoms. The topological polar surface area (TPSA) is 89.6 Å². The molecule has 3 N–H and O–H groups in total. The Kier molecular flexibility index (Phi) is 3.50. The smallest absolute Gasteiger partial charge is 0.140 e. The number of phenolic OH excluding ortho intramolecular Hbond substituents is 1. The van der Waals surface area contributed by atoms with Gasteiger partial charge in [0.1, 0.15) is 23.0 Å². The van der Waals surface area contributed by atoms with Crippen molar-refractivity contribution in [3.63, 3.8) is 0 Å². The predicted molar refractivity (Wildman–Crippen MR) is 94.9 cm³/mol. The van der Waals surface area contributed by atoms with E-state index in [4.69, 9.17) is 10.3 Å². The zero-order chi connectivity index (χ0) is 17.4. The molecule has 0 fully saturated rings. The number of benzene rings is 2. The first-order valence-corrected chi connectivity index (χ1v) is 7.77. The number of aromatic nitrogens is 2. The summed E-state index contributed by atoms with van der Waals surface area (Å²) in [7, 11) is 0. The fraction of sp³-hybridized carbons (Fsp3) is 0.0526. The van der Waals surface area contributed by atoms with E-state index in [1.165, 1.54) is 0 Å². The maximum Gasteiger partial charge on any atom is 0.140 e. The fourth-order valence-electron chi connectivity index (χ4n) is 2.90. The van der Waals surface area contributed by atoms with Gasteiger partial charge in [-0.2, -0.15) is 10.2 Å². The van der Waals surface area contributed by atoms with Gasteiger partial charge in [-0.3, -0.25) is 0 Å². The molecule has 25 heavy (non-hydrogen) atoms. The van der Waals surface area contributed by atoms with Gasteiger partial charge in [0.15, 0.2) is 0 Å². The molecule has 0 amide bonds. The third-order valence-electron chi connectivity index (χ3n) is 4.06. The van der Waals surface area contributed by atoms with Gasteiger partial charge in [0.25, 0.3) is 0 Å². The normalized spacial score (nSPS) is 12.0. The number of nitrogens with two attached hydrogens (primary N) is 1. The Morgan fingerprint density at radius 1 is 1.20 bits per heavy atom. The number of aryl methyl sites for hydroxylation is 1. The molecular weight excluding hydrogens is 316 g/mol. The molecule has 0 saturated heterocycles. The molecule has 2 aromatic carbocycles. The van der Waals surface area contributed by atoms with E-state index in [-0.39, 0.29) is 5.75 Å². The molecule has 0 bridgehead atoms. The van der Waals surface area contributed by atoms with Gasteiger partial charge in [-0.1, -0.05) is 18.2 Å². The zero-order valence-electron chi connectivity index (χ0n) is 13.5. The number of phenols is 1. The summed E-state index contributed by atoms with van der Waals surface area (Å²) < 4.78 is 7.46. The zero-order valence-corrected chi connectivity index (χ0v) is 13.5. The summed E-state index contributed by atoms with van der Waals surface area (Å²) in [5.41, 5.74) is 3.81. The van der Waals surface area contributed by atoms with Crippen molar-refractivity contribution in [1.82, 2.24) is 9.78 Å². The monoisotopic (exact) mass is 332 g/mol. The Morgan fingerprint density at radius 3 is 2.76 bits per heavy atom. The van der Waals surface area contributed by atoms with Crippen molar-refractivity contribution >= 4 is 11.0 Å². The van der Waals surface area contributed by atoms with Crippen molar-refractivity contribution < 1.29 is 9.52 Å². The first-order chi connectivity index (χ1) is 12.2. The van der Waals surface area contributed by atoms with Crippen molar-refractivity contribution in [3.05, 3.63) is 72.0 Å². The lowest BCUT2D eigenvalue weighted by atomic mass is 10.1. The average molecular weight is 332 g/mol.